The van der Waals surface area contributed by atoms with Crippen LogP contribution in [0.5, 0.6) is 0 Å². The quantitative estimate of drug-likeness (QED) is 0.483. The molecule has 0 amide bonds. The van der Waals surface area contributed by atoms with Crippen LogP contribution in [-0.2, 0) is 32.6 Å². The van der Waals surface area contributed by atoms with E-state index in [2.05, 4.69) is 5.32 Å². The van der Waals surface area contributed by atoms with E-state index in [1.807, 2.05) is 0 Å². The number of nitrogens with zero attached hydrogens (tertiary/aromatic N) is 1. The Kier molecular flexibility index (Phi) is 6.14. The Balaban J connectivity index is 1.96. The molecule has 35 heavy (non-hydrogen) atoms. The largest absolute Gasteiger partial charge is 0.419 e. The maximum Gasteiger partial charge on any atom is 0.419 e. The van der Waals surface area contributed by atoms with E-state index in [1.165, 1.54) is 49.5 Å². The van der Waals surface area contributed by atoms with Crippen molar-refractivity contribution < 1.29 is 34.4 Å². The lowest BCUT2D eigenvalue weighted by molar-refractivity contribution is -0.140. The molecule has 0 bridgehead atoms. The fourth-order valence-electron chi connectivity index (χ4n) is 3.80. The Morgan fingerprint density at radius 3 is 2.20 bits per heavy atom. The molecule has 1 aliphatic rings. The van der Waals surface area contributed by atoms with Gasteiger partial charge >= 0.3 is 6.18 Å². The molecule has 3 aromatic rings. The molecule has 0 aliphatic carbocycles. The number of sulfonamides is 1. The van der Waals surface area contributed by atoms with Crippen molar-refractivity contribution in [2.24, 2.45) is 0 Å². The van der Waals surface area contributed by atoms with Gasteiger partial charge in [-0.25, -0.2) is 25.5 Å². The third kappa shape index (κ3) is 4.27. The van der Waals surface area contributed by atoms with E-state index in [-0.39, 0.29) is 26.6 Å². The van der Waals surface area contributed by atoms with Crippen molar-refractivity contribution in [1.29, 1.82) is 0 Å². The van der Waals surface area contributed by atoms with E-state index in [1.54, 1.807) is 12.1 Å². The van der Waals surface area contributed by atoms with Gasteiger partial charge in [0.2, 0.25) is 9.84 Å². The molecule has 0 radical (unpaired) electrons. The van der Waals surface area contributed by atoms with E-state index >= 15 is 0 Å². The highest BCUT2D eigenvalue weighted by Gasteiger charge is 2.43. The second kappa shape index (κ2) is 8.68. The van der Waals surface area contributed by atoms with Gasteiger partial charge in [-0.15, -0.1) is 0 Å². The first-order chi connectivity index (χ1) is 16.4. The highest BCUT2D eigenvalue weighted by Crippen LogP contribution is 2.42. The summed E-state index contributed by atoms with van der Waals surface area (Å²) in [6, 6.07) is 14.7. The molecule has 1 aliphatic heterocycles. The Morgan fingerprint density at radius 1 is 0.943 bits per heavy atom. The Labute approximate surface area is 199 Å². The molecule has 12 heteroatoms. The van der Waals surface area contributed by atoms with E-state index in [0.29, 0.717) is 16.4 Å². The number of rotatable bonds is 6. The van der Waals surface area contributed by atoms with Crippen LogP contribution in [0.15, 0.2) is 87.6 Å². The fraction of sp³-hybridized carbons (Fsp3) is 0.130. The number of hydrogen-bond donors (Lipinski definition) is 1. The lowest BCUT2D eigenvalue weighted by atomic mass is 10.1. The van der Waals surface area contributed by atoms with Crippen LogP contribution >= 0.6 is 0 Å². The lowest BCUT2D eigenvalue weighted by Crippen LogP contribution is -2.34. The molecule has 3 aromatic carbocycles. The summed E-state index contributed by atoms with van der Waals surface area (Å²) in [5, 5.41) is 2.08. The van der Waals surface area contributed by atoms with Gasteiger partial charge < -0.3 is 5.32 Å². The topological polar surface area (TPSA) is 83.6 Å². The van der Waals surface area contributed by atoms with E-state index < -0.39 is 49.0 Å². The minimum atomic E-state index is -5.03. The minimum absolute atomic E-state index is 0.0294. The number of sulfone groups is 1. The standard InChI is InChI=1S/C23H18F4N2O4S2/c1-28-21-17-9-5-6-10-20(17)34(30,31)22(21)29(35(32,33)16-7-3-2-4-8-16)14-15-11-12-19(24)18(13-15)23(25,26)27/h2-13,28H,14H2,1H3. The smallest absolute Gasteiger partial charge is 0.385 e. The molecular formula is C23H18F4N2O4S2. The molecular weight excluding hydrogens is 508 g/mol. The molecule has 0 atom stereocenters. The summed E-state index contributed by atoms with van der Waals surface area (Å²) in [7, 11) is -7.59. The first-order valence-corrected chi connectivity index (χ1v) is 13.0. The van der Waals surface area contributed by atoms with Crippen LogP contribution in [0.25, 0.3) is 5.70 Å². The summed E-state index contributed by atoms with van der Waals surface area (Å²) in [5.41, 5.74) is -1.66. The van der Waals surface area contributed by atoms with Crippen LogP contribution in [0, 0.1) is 5.82 Å². The maximum absolute atomic E-state index is 13.9. The van der Waals surface area contributed by atoms with Gasteiger partial charge in [0.15, 0.2) is 5.03 Å². The summed E-state index contributed by atoms with van der Waals surface area (Å²) in [5.74, 6) is -1.53. The van der Waals surface area contributed by atoms with Crippen LogP contribution in [0.4, 0.5) is 17.6 Å². The summed E-state index contributed by atoms with van der Waals surface area (Å²) in [4.78, 5) is -0.421. The fourth-order valence-corrected chi connectivity index (χ4v) is 7.51. The van der Waals surface area contributed by atoms with E-state index in [4.69, 9.17) is 0 Å². The van der Waals surface area contributed by atoms with Crippen LogP contribution in [0.3, 0.4) is 0 Å². The van der Waals surface area contributed by atoms with Gasteiger partial charge in [-0.05, 0) is 35.9 Å². The average molecular weight is 527 g/mol. The van der Waals surface area contributed by atoms with Crippen molar-refractivity contribution in [3.05, 3.63) is 100 Å². The summed E-state index contributed by atoms with van der Waals surface area (Å²) in [6.07, 6.45) is -5.03. The van der Waals surface area contributed by atoms with Crippen molar-refractivity contribution in [1.82, 2.24) is 9.62 Å². The first kappa shape index (κ1) is 24.7. The molecule has 4 rings (SSSR count). The summed E-state index contributed by atoms with van der Waals surface area (Å²) >= 11 is 0. The predicted molar refractivity (Wildman–Crippen MR) is 120 cm³/mol. The number of alkyl halides is 3. The van der Waals surface area contributed by atoms with Gasteiger partial charge in [-0.3, -0.25) is 0 Å². The summed E-state index contributed by atoms with van der Waals surface area (Å²) < 4.78 is 109. The second-order valence-corrected chi connectivity index (χ2v) is 11.3. The van der Waals surface area contributed by atoms with Crippen LogP contribution in [-0.4, -0.2) is 28.2 Å². The average Bonchev–Trinajstić information content (AvgIpc) is 3.04. The monoisotopic (exact) mass is 526 g/mol. The zero-order valence-electron chi connectivity index (χ0n) is 18.0. The molecule has 6 nitrogen and oxygen atoms in total. The Hall–Kier alpha value is -3.38. The van der Waals surface area contributed by atoms with Crippen LogP contribution in [0.1, 0.15) is 16.7 Å². The minimum Gasteiger partial charge on any atom is -0.385 e. The van der Waals surface area contributed by atoms with Gasteiger partial charge in [0.25, 0.3) is 10.0 Å². The number of nitrogens with one attached hydrogen (secondary N) is 1. The summed E-state index contributed by atoms with van der Waals surface area (Å²) in [6.45, 7) is -0.797. The van der Waals surface area contributed by atoms with Gasteiger partial charge in [0.1, 0.15) is 5.82 Å². The van der Waals surface area contributed by atoms with Gasteiger partial charge in [-0.2, -0.15) is 13.2 Å². The van der Waals surface area contributed by atoms with Gasteiger partial charge in [0, 0.05) is 12.6 Å². The van der Waals surface area contributed by atoms with Gasteiger partial charge in [-0.1, -0.05) is 42.5 Å². The van der Waals surface area contributed by atoms with Gasteiger partial charge in [0.05, 0.1) is 27.6 Å². The van der Waals surface area contributed by atoms with Crippen molar-refractivity contribution in [3.8, 4) is 0 Å². The molecule has 184 valence electrons. The van der Waals surface area contributed by atoms with Crippen molar-refractivity contribution in [2.75, 3.05) is 7.05 Å². The molecule has 0 saturated heterocycles. The molecule has 0 unspecified atom stereocenters. The third-order valence-corrected chi connectivity index (χ3v) is 9.13. The molecule has 0 aromatic heterocycles. The first-order valence-electron chi connectivity index (χ1n) is 10.1. The van der Waals surface area contributed by atoms with Crippen LogP contribution < -0.4 is 5.32 Å². The third-order valence-electron chi connectivity index (χ3n) is 5.38. The Bertz CT molecular complexity index is 1540. The van der Waals surface area contributed by atoms with E-state index in [9.17, 15) is 34.4 Å². The SMILES string of the molecule is CNC1=C(N(Cc2ccc(F)c(C(F)(F)F)c2)S(=O)(=O)c2ccccc2)S(=O)(=O)c2ccccc21. The molecule has 1 heterocycles. The second-order valence-electron chi connectivity index (χ2n) is 7.57. The maximum atomic E-state index is 13.9. The normalized spacial score (nSPS) is 15.1. The lowest BCUT2D eigenvalue weighted by Gasteiger charge is -2.26. The molecule has 0 spiro atoms. The zero-order valence-corrected chi connectivity index (χ0v) is 19.7. The number of halogens is 4. The van der Waals surface area contributed by atoms with Crippen molar-refractivity contribution in [3.63, 3.8) is 0 Å². The molecule has 0 saturated carbocycles. The van der Waals surface area contributed by atoms with Crippen molar-refractivity contribution in [2.45, 2.75) is 22.5 Å². The molecule has 0 fully saturated rings. The number of fused-ring (bicyclic) bond motifs is 1. The predicted octanol–water partition coefficient (Wildman–Crippen LogP) is 4.37. The Morgan fingerprint density at radius 2 is 1.57 bits per heavy atom. The number of hydrogen-bond acceptors (Lipinski definition) is 5. The zero-order chi connectivity index (χ0) is 25.6. The van der Waals surface area contributed by atoms with Crippen LogP contribution in [0.2, 0.25) is 0 Å². The van der Waals surface area contributed by atoms with E-state index in [0.717, 1.165) is 6.07 Å². The highest BCUT2D eigenvalue weighted by atomic mass is 32.2. The number of benzene rings is 3. The molecule has 1 N–H and O–H groups in total. The van der Waals surface area contributed by atoms with Crippen molar-refractivity contribution >= 4 is 25.6 Å². The highest BCUT2D eigenvalue weighted by molar-refractivity contribution is 7.97.